The summed E-state index contributed by atoms with van der Waals surface area (Å²) in [6.45, 7) is -0.173. The van der Waals surface area contributed by atoms with Gasteiger partial charge in [-0.3, -0.25) is 4.79 Å². The van der Waals surface area contributed by atoms with Gasteiger partial charge < -0.3 is 19.0 Å². The van der Waals surface area contributed by atoms with Crippen LogP contribution in [0.4, 0.5) is 0 Å². The molecule has 3 aromatic rings. The lowest BCUT2D eigenvalue weighted by atomic mass is 10.1. The van der Waals surface area contributed by atoms with Crippen molar-refractivity contribution >= 4 is 11.0 Å². The van der Waals surface area contributed by atoms with Crippen molar-refractivity contribution in [3.63, 3.8) is 0 Å². The zero-order valence-corrected chi connectivity index (χ0v) is 10.8. The van der Waals surface area contributed by atoms with Crippen LogP contribution in [0.2, 0.25) is 0 Å². The van der Waals surface area contributed by atoms with E-state index >= 15 is 0 Å². The van der Waals surface area contributed by atoms with Gasteiger partial charge in [0, 0.05) is 5.56 Å². The van der Waals surface area contributed by atoms with Gasteiger partial charge in [0.05, 0.1) is 0 Å². The molecule has 1 N–H and O–H groups in total. The summed E-state index contributed by atoms with van der Waals surface area (Å²) in [5.41, 5.74) is 0.603. The second kappa shape index (κ2) is 4.28. The zero-order valence-electron chi connectivity index (χ0n) is 10.8. The molecular formula is C16H10O5. The first-order chi connectivity index (χ1) is 10.3. The Kier molecular flexibility index (Phi) is 2.41. The van der Waals surface area contributed by atoms with Crippen LogP contribution >= 0.6 is 0 Å². The van der Waals surface area contributed by atoms with E-state index in [0.29, 0.717) is 5.76 Å². The van der Waals surface area contributed by atoms with E-state index in [1.54, 1.807) is 12.1 Å². The van der Waals surface area contributed by atoms with Crippen molar-refractivity contribution in [1.82, 2.24) is 0 Å². The summed E-state index contributed by atoms with van der Waals surface area (Å²) in [5, 5.41) is 10.2. The average molecular weight is 282 g/mol. The fraction of sp³-hybridized carbons (Fsp3) is 0.0625. The number of rotatable bonds is 1. The molecule has 4 rings (SSSR count). The van der Waals surface area contributed by atoms with Gasteiger partial charge in [0.2, 0.25) is 18.0 Å². The molecular weight excluding hydrogens is 272 g/mol. The number of benzene rings is 2. The van der Waals surface area contributed by atoms with E-state index in [2.05, 4.69) is 0 Å². The summed E-state index contributed by atoms with van der Waals surface area (Å²) in [6, 6.07) is 12.3. The van der Waals surface area contributed by atoms with Crippen LogP contribution in [0.5, 0.6) is 17.2 Å². The maximum Gasteiger partial charge on any atom is 0.239 e. The standard InChI is InChI=1S/C16H10O5/c17-13-11-7-6-10-12(13)14(18)16(20-8-19-11)15(21-10)9-4-2-1-3-5-9/h1-7,17H,8H2. The highest BCUT2D eigenvalue weighted by Crippen LogP contribution is 2.39. The quantitative estimate of drug-likeness (QED) is 0.743. The highest BCUT2D eigenvalue weighted by atomic mass is 16.7. The lowest BCUT2D eigenvalue weighted by Crippen LogP contribution is -2.17. The van der Waals surface area contributed by atoms with Crippen molar-refractivity contribution in [2.45, 2.75) is 0 Å². The Labute approximate surface area is 119 Å². The van der Waals surface area contributed by atoms with Crippen molar-refractivity contribution < 1.29 is 19.0 Å². The minimum atomic E-state index is -0.405. The fourth-order valence-corrected chi connectivity index (χ4v) is 2.41. The average Bonchev–Trinajstić information content (AvgIpc) is 2.52. The Hall–Kier alpha value is -2.95. The Morgan fingerprint density at radius 2 is 1.81 bits per heavy atom. The summed E-state index contributed by atoms with van der Waals surface area (Å²) < 4.78 is 16.5. The van der Waals surface area contributed by atoms with E-state index in [0.717, 1.165) is 5.56 Å². The summed E-state index contributed by atoms with van der Waals surface area (Å²) in [7, 11) is 0. The summed E-state index contributed by atoms with van der Waals surface area (Å²) in [4.78, 5) is 12.6. The third-order valence-corrected chi connectivity index (χ3v) is 3.41. The molecule has 5 nitrogen and oxygen atoms in total. The molecule has 5 heteroatoms. The van der Waals surface area contributed by atoms with Gasteiger partial charge in [0.1, 0.15) is 11.0 Å². The molecule has 104 valence electrons. The van der Waals surface area contributed by atoms with Crippen molar-refractivity contribution in [2.75, 3.05) is 6.79 Å². The Balaban J connectivity index is 2.15. The van der Waals surface area contributed by atoms with E-state index in [1.165, 1.54) is 0 Å². The molecule has 0 saturated carbocycles. The van der Waals surface area contributed by atoms with E-state index in [4.69, 9.17) is 13.9 Å². The Morgan fingerprint density at radius 1 is 1.00 bits per heavy atom. The highest BCUT2D eigenvalue weighted by Gasteiger charge is 2.23. The smallest absolute Gasteiger partial charge is 0.239 e. The second-order valence-corrected chi connectivity index (χ2v) is 4.65. The third kappa shape index (κ3) is 1.67. The fourth-order valence-electron chi connectivity index (χ4n) is 2.41. The SMILES string of the molecule is O=c1c2c(-c3ccccc3)oc3ccc(c(O)c13)OCO2. The molecule has 0 spiro atoms. The molecule has 1 aliphatic rings. The summed E-state index contributed by atoms with van der Waals surface area (Å²) in [6.07, 6.45) is 0. The maximum absolute atomic E-state index is 12.6. The normalized spacial score (nSPS) is 12.8. The number of aromatic hydroxyl groups is 1. The van der Waals surface area contributed by atoms with E-state index < -0.39 is 5.43 Å². The summed E-state index contributed by atoms with van der Waals surface area (Å²) >= 11 is 0. The first-order valence-corrected chi connectivity index (χ1v) is 6.39. The predicted octanol–water partition coefficient (Wildman–Crippen LogP) is 2.89. The van der Waals surface area contributed by atoms with Crippen LogP contribution in [-0.2, 0) is 0 Å². The Morgan fingerprint density at radius 3 is 2.62 bits per heavy atom. The van der Waals surface area contributed by atoms with Gasteiger partial charge >= 0.3 is 0 Å². The molecule has 2 aromatic carbocycles. The third-order valence-electron chi connectivity index (χ3n) is 3.41. The molecule has 21 heavy (non-hydrogen) atoms. The molecule has 0 saturated heterocycles. The molecule has 0 fully saturated rings. The molecule has 0 aliphatic carbocycles. The van der Waals surface area contributed by atoms with Gasteiger partial charge in [-0.15, -0.1) is 0 Å². The van der Waals surface area contributed by atoms with Crippen LogP contribution in [0, 0.1) is 0 Å². The number of ether oxygens (including phenoxy) is 2. The van der Waals surface area contributed by atoms with Gasteiger partial charge in [-0.25, -0.2) is 0 Å². The van der Waals surface area contributed by atoms with Crippen LogP contribution < -0.4 is 14.9 Å². The summed E-state index contributed by atoms with van der Waals surface area (Å²) in [5.74, 6) is 0.352. The molecule has 2 heterocycles. The molecule has 0 radical (unpaired) electrons. The van der Waals surface area contributed by atoms with Crippen molar-refractivity contribution in [1.29, 1.82) is 0 Å². The van der Waals surface area contributed by atoms with Gasteiger partial charge in [-0.2, -0.15) is 0 Å². The lowest BCUT2D eigenvalue weighted by Gasteiger charge is -2.17. The van der Waals surface area contributed by atoms with Gasteiger partial charge in [0.25, 0.3) is 0 Å². The van der Waals surface area contributed by atoms with Gasteiger partial charge in [0.15, 0.2) is 17.3 Å². The van der Waals surface area contributed by atoms with Crippen LogP contribution in [0.25, 0.3) is 22.3 Å². The van der Waals surface area contributed by atoms with E-state index in [9.17, 15) is 9.90 Å². The van der Waals surface area contributed by atoms with Crippen molar-refractivity contribution in [3.05, 3.63) is 52.7 Å². The highest BCUT2D eigenvalue weighted by molar-refractivity contribution is 5.89. The zero-order chi connectivity index (χ0) is 14.4. The van der Waals surface area contributed by atoms with E-state index in [-0.39, 0.29) is 35.0 Å². The molecule has 3 bridgehead atoms. The number of phenols is 1. The van der Waals surface area contributed by atoms with Crippen LogP contribution in [0.3, 0.4) is 0 Å². The van der Waals surface area contributed by atoms with Crippen LogP contribution in [-0.4, -0.2) is 11.9 Å². The molecule has 0 unspecified atom stereocenters. The molecule has 0 atom stereocenters. The van der Waals surface area contributed by atoms with Gasteiger partial charge in [-0.05, 0) is 12.1 Å². The maximum atomic E-state index is 12.6. The van der Waals surface area contributed by atoms with Crippen LogP contribution in [0.15, 0.2) is 51.7 Å². The molecule has 0 amide bonds. The predicted molar refractivity (Wildman–Crippen MR) is 75.7 cm³/mol. The number of hydrogen-bond donors (Lipinski definition) is 1. The monoisotopic (exact) mass is 282 g/mol. The second-order valence-electron chi connectivity index (χ2n) is 4.65. The number of phenolic OH excluding ortho intramolecular Hbond substituents is 1. The first kappa shape index (κ1) is 11.8. The van der Waals surface area contributed by atoms with Crippen molar-refractivity contribution in [2.24, 2.45) is 0 Å². The minimum Gasteiger partial charge on any atom is -0.504 e. The topological polar surface area (TPSA) is 68.9 Å². The Bertz CT molecular complexity index is 896. The number of fused-ring (bicyclic) bond motifs is 2. The van der Waals surface area contributed by atoms with Crippen molar-refractivity contribution in [3.8, 4) is 28.6 Å². The lowest BCUT2D eigenvalue weighted by molar-refractivity contribution is 0.112. The largest absolute Gasteiger partial charge is 0.504 e. The molecule has 1 aromatic heterocycles. The van der Waals surface area contributed by atoms with Gasteiger partial charge in [-0.1, -0.05) is 30.3 Å². The minimum absolute atomic E-state index is 0.0425. The number of hydrogen-bond acceptors (Lipinski definition) is 5. The first-order valence-electron chi connectivity index (χ1n) is 6.39. The van der Waals surface area contributed by atoms with E-state index in [1.807, 2.05) is 30.3 Å². The molecule has 1 aliphatic heterocycles. The van der Waals surface area contributed by atoms with Crippen LogP contribution in [0.1, 0.15) is 0 Å².